The number of carbonyl (C=O) groups excluding carboxylic acids is 1. The maximum atomic E-state index is 13.1. The Morgan fingerprint density at radius 1 is 1.11 bits per heavy atom. The second kappa shape index (κ2) is 6.93. The van der Waals surface area contributed by atoms with Crippen molar-refractivity contribution in [1.29, 1.82) is 0 Å². The van der Waals surface area contributed by atoms with Gasteiger partial charge in [-0.25, -0.2) is 9.67 Å². The highest BCUT2D eigenvalue weighted by atomic mass is 32.1. The molecular formula is C16H10F6N4OS. The van der Waals surface area contributed by atoms with Crippen LogP contribution in [0.25, 0.3) is 5.13 Å². The third-order valence-electron chi connectivity index (χ3n) is 3.48. The average molecular weight is 420 g/mol. The summed E-state index contributed by atoms with van der Waals surface area (Å²) in [7, 11) is 0. The molecule has 0 aliphatic carbocycles. The third-order valence-corrected chi connectivity index (χ3v) is 4.29. The van der Waals surface area contributed by atoms with Gasteiger partial charge in [0, 0.05) is 11.1 Å². The minimum absolute atomic E-state index is 0.109. The quantitative estimate of drug-likeness (QED) is 0.612. The number of benzene rings is 1. The summed E-state index contributed by atoms with van der Waals surface area (Å²) in [5, 5.41) is 6.96. The minimum atomic E-state index is -4.67. The second-order valence-electron chi connectivity index (χ2n) is 5.63. The fourth-order valence-corrected chi connectivity index (χ4v) is 3.05. The lowest BCUT2D eigenvalue weighted by molar-refractivity contribution is -0.142. The molecule has 0 radical (unpaired) electrons. The molecule has 3 aromatic rings. The van der Waals surface area contributed by atoms with Gasteiger partial charge in [-0.15, -0.1) is 11.3 Å². The Labute approximate surface area is 157 Å². The molecule has 2 aromatic heterocycles. The number of thiazole rings is 1. The Hall–Kier alpha value is -2.89. The molecule has 0 aliphatic rings. The highest BCUT2D eigenvalue weighted by Gasteiger charge is 2.36. The van der Waals surface area contributed by atoms with Crippen molar-refractivity contribution in [2.45, 2.75) is 19.3 Å². The molecule has 1 aromatic carbocycles. The summed E-state index contributed by atoms with van der Waals surface area (Å²) in [6, 6.07) is 4.79. The van der Waals surface area contributed by atoms with E-state index in [4.69, 9.17) is 0 Å². The first kappa shape index (κ1) is 19.9. The van der Waals surface area contributed by atoms with Gasteiger partial charge in [-0.3, -0.25) is 4.79 Å². The Kier molecular flexibility index (Phi) is 4.91. The highest BCUT2D eigenvalue weighted by Crippen LogP contribution is 2.33. The number of aryl methyl sites for hydroxylation is 1. The van der Waals surface area contributed by atoms with Crippen molar-refractivity contribution in [1.82, 2.24) is 14.8 Å². The minimum Gasteiger partial charge on any atom is -0.321 e. The lowest BCUT2D eigenvalue weighted by Crippen LogP contribution is -2.15. The molecule has 1 N–H and O–H groups in total. The van der Waals surface area contributed by atoms with Crippen molar-refractivity contribution in [3.05, 3.63) is 58.4 Å². The van der Waals surface area contributed by atoms with Crippen molar-refractivity contribution >= 4 is 22.9 Å². The number of carbonyl (C=O) groups is 1. The van der Waals surface area contributed by atoms with Gasteiger partial charge in [0.2, 0.25) is 5.13 Å². The SMILES string of the molecule is Cc1cc(C(F)(F)F)n(-c2nc(C(=O)Nc3cccc(C(F)(F)F)c3)cs2)n1. The molecule has 0 atom stereocenters. The number of nitrogens with one attached hydrogen (secondary N) is 1. The Morgan fingerprint density at radius 2 is 1.82 bits per heavy atom. The highest BCUT2D eigenvalue weighted by molar-refractivity contribution is 7.12. The second-order valence-corrected chi connectivity index (χ2v) is 6.47. The monoisotopic (exact) mass is 420 g/mol. The maximum Gasteiger partial charge on any atom is 0.433 e. The van der Waals surface area contributed by atoms with Crippen LogP contribution >= 0.6 is 11.3 Å². The average Bonchev–Trinajstić information content (AvgIpc) is 3.20. The zero-order chi connectivity index (χ0) is 20.7. The number of hydrogen-bond acceptors (Lipinski definition) is 4. The van der Waals surface area contributed by atoms with E-state index < -0.39 is 29.5 Å². The lowest BCUT2D eigenvalue weighted by Gasteiger charge is -2.09. The molecule has 1 amide bonds. The third kappa shape index (κ3) is 4.16. The van der Waals surface area contributed by atoms with E-state index in [2.05, 4.69) is 15.4 Å². The predicted octanol–water partition coefficient (Wildman–Crippen LogP) is 4.93. The van der Waals surface area contributed by atoms with Crippen molar-refractivity contribution in [3.63, 3.8) is 0 Å². The van der Waals surface area contributed by atoms with Crippen LogP contribution in [0.2, 0.25) is 0 Å². The van der Waals surface area contributed by atoms with Crippen LogP contribution in [0.5, 0.6) is 0 Å². The van der Waals surface area contributed by atoms with Gasteiger partial charge in [0.15, 0.2) is 5.69 Å². The Morgan fingerprint density at radius 3 is 2.46 bits per heavy atom. The Balaban J connectivity index is 1.85. The van der Waals surface area contributed by atoms with E-state index in [9.17, 15) is 31.1 Å². The summed E-state index contributed by atoms with van der Waals surface area (Å²) < 4.78 is 78.0. The summed E-state index contributed by atoms with van der Waals surface area (Å²) in [4.78, 5) is 16.0. The van der Waals surface area contributed by atoms with E-state index in [1.807, 2.05) is 0 Å². The van der Waals surface area contributed by atoms with Crippen LogP contribution in [-0.2, 0) is 12.4 Å². The first-order valence-corrected chi connectivity index (χ1v) is 8.41. The van der Waals surface area contributed by atoms with Gasteiger partial charge in [0.05, 0.1) is 11.3 Å². The number of halogens is 6. The summed E-state index contributed by atoms with van der Waals surface area (Å²) >= 11 is 0.741. The van der Waals surface area contributed by atoms with Crippen molar-refractivity contribution in [3.8, 4) is 5.13 Å². The molecule has 28 heavy (non-hydrogen) atoms. The molecule has 12 heteroatoms. The number of aromatic nitrogens is 3. The largest absolute Gasteiger partial charge is 0.433 e. The van der Waals surface area contributed by atoms with Gasteiger partial charge in [-0.2, -0.15) is 31.4 Å². The van der Waals surface area contributed by atoms with Gasteiger partial charge in [-0.05, 0) is 31.2 Å². The van der Waals surface area contributed by atoms with Crippen LogP contribution in [0, 0.1) is 6.92 Å². The van der Waals surface area contributed by atoms with E-state index in [0.29, 0.717) is 4.68 Å². The van der Waals surface area contributed by atoms with Crippen molar-refractivity contribution in [2.24, 2.45) is 0 Å². The number of alkyl halides is 6. The number of anilines is 1. The molecule has 0 aliphatic heterocycles. The first-order valence-electron chi connectivity index (χ1n) is 7.53. The van der Waals surface area contributed by atoms with Crippen LogP contribution in [0.4, 0.5) is 32.0 Å². The number of amides is 1. The molecule has 0 fully saturated rings. The van der Waals surface area contributed by atoms with Gasteiger partial charge in [-0.1, -0.05) is 6.07 Å². The van der Waals surface area contributed by atoms with Gasteiger partial charge < -0.3 is 5.32 Å². The molecule has 0 bridgehead atoms. The summed E-state index contributed by atoms with van der Waals surface area (Å²) in [6.45, 7) is 1.38. The fraction of sp³-hybridized carbons (Fsp3) is 0.188. The van der Waals surface area contributed by atoms with E-state index in [-0.39, 0.29) is 22.2 Å². The number of hydrogen-bond donors (Lipinski definition) is 1. The normalized spacial score (nSPS) is 12.2. The molecule has 0 unspecified atom stereocenters. The van der Waals surface area contributed by atoms with E-state index in [1.54, 1.807) is 0 Å². The fourth-order valence-electron chi connectivity index (χ4n) is 2.28. The van der Waals surface area contributed by atoms with Crippen LogP contribution in [0.15, 0.2) is 35.7 Å². The van der Waals surface area contributed by atoms with Gasteiger partial charge in [0.1, 0.15) is 5.69 Å². The van der Waals surface area contributed by atoms with Gasteiger partial charge >= 0.3 is 12.4 Å². The van der Waals surface area contributed by atoms with E-state index in [0.717, 1.165) is 35.6 Å². The van der Waals surface area contributed by atoms with Crippen LogP contribution in [0.1, 0.15) is 27.4 Å². The topological polar surface area (TPSA) is 59.8 Å². The standard InChI is InChI=1S/C16H10F6N4OS/c1-8-5-12(16(20,21)22)26(25-8)14-24-11(7-28-14)13(27)23-10-4-2-3-9(6-10)15(17,18)19/h2-7H,1H3,(H,23,27). The molecule has 0 spiro atoms. The molecular weight excluding hydrogens is 410 g/mol. The van der Waals surface area contributed by atoms with Crippen molar-refractivity contribution < 1.29 is 31.1 Å². The summed E-state index contributed by atoms with van der Waals surface area (Å²) in [6.07, 6.45) is -9.26. The van der Waals surface area contributed by atoms with E-state index >= 15 is 0 Å². The van der Waals surface area contributed by atoms with Crippen LogP contribution in [0.3, 0.4) is 0 Å². The van der Waals surface area contributed by atoms with E-state index in [1.165, 1.54) is 18.4 Å². The molecule has 2 heterocycles. The van der Waals surface area contributed by atoms with Crippen LogP contribution in [-0.4, -0.2) is 20.7 Å². The Bertz CT molecular complexity index is 1020. The molecule has 0 saturated heterocycles. The lowest BCUT2D eigenvalue weighted by atomic mass is 10.2. The smallest absolute Gasteiger partial charge is 0.321 e. The zero-order valence-electron chi connectivity index (χ0n) is 13.9. The maximum absolute atomic E-state index is 13.1. The number of nitrogens with zero attached hydrogens (tertiary/aromatic N) is 3. The number of rotatable bonds is 3. The predicted molar refractivity (Wildman–Crippen MR) is 88.4 cm³/mol. The molecule has 0 saturated carbocycles. The molecule has 5 nitrogen and oxygen atoms in total. The molecule has 3 rings (SSSR count). The van der Waals surface area contributed by atoms with Gasteiger partial charge in [0.25, 0.3) is 5.91 Å². The molecule has 148 valence electrons. The zero-order valence-corrected chi connectivity index (χ0v) is 14.7. The first-order chi connectivity index (χ1) is 12.9. The summed E-state index contributed by atoms with van der Waals surface area (Å²) in [5.41, 5.74) is -2.27. The van der Waals surface area contributed by atoms with Crippen LogP contribution < -0.4 is 5.32 Å². The van der Waals surface area contributed by atoms with Crippen molar-refractivity contribution in [2.75, 3.05) is 5.32 Å². The summed E-state index contributed by atoms with van der Waals surface area (Å²) in [5.74, 6) is -0.862.